The molecule has 0 aliphatic rings. The number of pyridine rings is 1. The smallest absolute Gasteiger partial charge is 0.340 e. The number of rotatable bonds is 3. The van der Waals surface area contributed by atoms with E-state index in [2.05, 4.69) is 10.9 Å². The molecule has 0 bridgehead atoms. The molecule has 2 aromatic carbocycles. The van der Waals surface area contributed by atoms with Crippen molar-refractivity contribution in [3.63, 3.8) is 0 Å². The van der Waals surface area contributed by atoms with Crippen molar-refractivity contribution in [1.82, 2.24) is 4.98 Å². The summed E-state index contributed by atoms with van der Waals surface area (Å²) in [6.07, 6.45) is 5.65. The number of fused-ring (bicyclic) bond motifs is 1. The number of hydrogen-bond donors (Lipinski definition) is 2. The van der Waals surface area contributed by atoms with Crippen LogP contribution in [0.3, 0.4) is 0 Å². The van der Waals surface area contributed by atoms with Gasteiger partial charge in [0.05, 0.1) is 11.2 Å². The van der Waals surface area contributed by atoms with Gasteiger partial charge in [0.1, 0.15) is 5.56 Å². The fourth-order valence-electron chi connectivity index (χ4n) is 2.53. The van der Waals surface area contributed by atoms with E-state index < -0.39 is 5.97 Å². The molecule has 0 aliphatic heterocycles. The summed E-state index contributed by atoms with van der Waals surface area (Å²) in [6, 6.07) is 11.9. The summed E-state index contributed by atoms with van der Waals surface area (Å²) >= 11 is 5.86. The Kier molecular flexibility index (Phi) is 4.11. The van der Waals surface area contributed by atoms with E-state index in [9.17, 15) is 15.0 Å². The molecular formula is C19H12ClNO3. The van der Waals surface area contributed by atoms with Gasteiger partial charge in [-0.3, -0.25) is 0 Å². The summed E-state index contributed by atoms with van der Waals surface area (Å²) in [6.45, 7) is 0. The highest BCUT2D eigenvalue weighted by Gasteiger charge is 2.20. The fourth-order valence-corrected chi connectivity index (χ4v) is 2.66. The third-order valence-corrected chi connectivity index (χ3v) is 3.95. The Hall–Kier alpha value is -3.03. The van der Waals surface area contributed by atoms with Crippen molar-refractivity contribution >= 4 is 28.5 Å². The fraction of sp³-hybridized carbons (Fsp3) is 0.0526. The summed E-state index contributed by atoms with van der Waals surface area (Å²) < 4.78 is 0. The molecule has 3 aromatic rings. The second kappa shape index (κ2) is 6.23. The molecule has 0 fully saturated rings. The SMILES string of the molecule is C#Cc1ccc2nc(Cc3ccc(Cl)cc3)c(O)c(C(=O)O)c2c1. The Balaban J connectivity index is 2.19. The maximum absolute atomic E-state index is 11.6. The van der Waals surface area contributed by atoms with Gasteiger partial charge < -0.3 is 10.2 Å². The van der Waals surface area contributed by atoms with Crippen LogP contribution in [0.5, 0.6) is 5.75 Å². The van der Waals surface area contributed by atoms with Crippen LogP contribution in [0, 0.1) is 12.3 Å². The minimum Gasteiger partial charge on any atom is -0.505 e. The van der Waals surface area contributed by atoms with Crippen LogP contribution in [-0.4, -0.2) is 21.2 Å². The first-order valence-electron chi connectivity index (χ1n) is 7.09. The van der Waals surface area contributed by atoms with E-state index in [0.717, 1.165) is 5.56 Å². The summed E-state index contributed by atoms with van der Waals surface area (Å²) in [4.78, 5) is 16.0. The number of hydrogen-bond acceptors (Lipinski definition) is 3. The van der Waals surface area contributed by atoms with Crippen molar-refractivity contribution in [3.8, 4) is 18.1 Å². The van der Waals surface area contributed by atoms with E-state index in [1.54, 1.807) is 36.4 Å². The predicted octanol–water partition coefficient (Wildman–Crippen LogP) is 3.86. The lowest BCUT2D eigenvalue weighted by atomic mass is 10.0. The van der Waals surface area contributed by atoms with Crippen molar-refractivity contribution in [2.75, 3.05) is 0 Å². The lowest BCUT2D eigenvalue weighted by Gasteiger charge is -2.11. The molecule has 0 unspecified atom stereocenters. The van der Waals surface area contributed by atoms with Gasteiger partial charge in [0.15, 0.2) is 5.75 Å². The van der Waals surface area contributed by atoms with Gasteiger partial charge in [0.2, 0.25) is 0 Å². The number of halogens is 1. The summed E-state index contributed by atoms with van der Waals surface area (Å²) in [5.41, 5.74) is 1.94. The number of aromatic hydroxyl groups is 1. The number of carbonyl (C=O) groups is 1. The van der Waals surface area contributed by atoms with Gasteiger partial charge in [0.25, 0.3) is 0 Å². The van der Waals surface area contributed by atoms with Crippen LogP contribution in [-0.2, 0) is 6.42 Å². The molecule has 0 spiro atoms. The number of aromatic nitrogens is 1. The molecule has 3 rings (SSSR count). The minimum atomic E-state index is -1.23. The van der Waals surface area contributed by atoms with Gasteiger partial charge in [-0.15, -0.1) is 6.42 Å². The third-order valence-electron chi connectivity index (χ3n) is 3.70. The zero-order chi connectivity index (χ0) is 17.3. The van der Waals surface area contributed by atoms with E-state index in [1.807, 2.05) is 0 Å². The third kappa shape index (κ3) is 2.90. The molecule has 2 N–H and O–H groups in total. The molecule has 4 nitrogen and oxygen atoms in total. The van der Waals surface area contributed by atoms with Crippen LogP contribution in [0.1, 0.15) is 27.2 Å². The largest absolute Gasteiger partial charge is 0.505 e. The summed E-state index contributed by atoms with van der Waals surface area (Å²) in [7, 11) is 0. The molecular weight excluding hydrogens is 326 g/mol. The second-order valence-corrected chi connectivity index (χ2v) is 5.70. The Labute approximate surface area is 143 Å². The molecule has 24 heavy (non-hydrogen) atoms. The molecule has 0 atom stereocenters. The van der Waals surface area contributed by atoms with Gasteiger partial charge in [0, 0.05) is 22.4 Å². The summed E-state index contributed by atoms with van der Waals surface area (Å²) in [5, 5.41) is 20.8. The van der Waals surface area contributed by atoms with Crippen LogP contribution < -0.4 is 0 Å². The molecule has 118 valence electrons. The van der Waals surface area contributed by atoms with Crippen molar-refractivity contribution in [2.45, 2.75) is 6.42 Å². The number of carboxylic acid groups (broad SMARTS) is 1. The zero-order valence-corrected chi connectivity index (χ0v) is 13.2. The lowest BCUT2D eigenvalue weighted by molar-refractivity contribution is 0.0695. The molecule has 0 saturated carbocycles. The highest BCUT2D eigenvalue weighted by atomic mass is 35.5. The molecule has 1 aromatic heterocycles. The Morgan fingerprint density at radius 3 is 2.54 bits per heavy atom. The first kappa shape index (κ1) is 15.9. The van der Waals surface area contributed by atoms with Crippen LogP contribution in [0.2, 0.25) is 5.02 Å². The lowest BCUT2D eigenvalue weighted by Crippen LogP contribution is -2.04. The Morgan fingerprint density at radius 1 is 1.21 bits per heavy atom. The molecule has 5 heteroatoms. The zero-order valence-electron chi connectivity index (χ0n) is 12.5. The van der Waals surface area contributed by atoms with E-state index in [4.69, 9.17) is 18.0 Å². The van der Waals surface area contributed by atoms with Gasteiger partial charge >= 0.3 is 5.97 Å². The van der Waals surface area contributed by atoms with Crippen LogP contribution in [0.4, 0.5) is 0 Å². The monoisotopic (exact) mass is 337 g/mol. The van der Waals surface area contributed by atoms with Crippen molar-refractivity contribution in [1.29, 1.82) is 0 Å². The quantitative estimate of drug-likeness (QED) is 0.712. The van der Waals surface area contributed by atoms with Gasteiger partial charge in [-0.2, -0.15) is 0 Å². The molecule has 0 saturated heterocycles. The van der Waals surface area contributed by atoms with E-state index in [0.29, 0.717) is 21.5 Å². The maximum Gasteiger partial charge on any atom is 0.340 e. The minimum absolute atomic E-state index is 0.193. The van der Waals surface area contributed by atoms with E-state index in [1.165, 1.54) is 6.07 Å². The molecule has 0 aliphatic carbocycles. The van der Waals surface area contributed by atoms with Crippen molar-refractivity contribution < 1.29 is 15.0 Å². The van der Waals surface area contributed by atoms with Gasteiger partial charge in [-0.25, -0.2) is 9.78 Å². The number of terminal acetylenes is 1. The average molecular weight is 338 g/mol. The van der Waals surface area contributed by atoms with Crippen molar-refractivity contribution in [2.24, 2.45) is 0 Å². The predicted molar refractivity (Wildman–Crippen MR) is 92.6 cm³/mol. The first-order valence-corrected chi connectivity index (χ1v) is 7.47. The number of nitrogens with zero attached hydrogens (tertiary/aromatic N) is 1. The molecule has 0 amide bonds. The molecule has 1 heterocycles. The maximum atomic E-state index is 11.6. The topological polar surface area (TPSA) is 70.4 Å². The van der Waals surface area contributed by atoms with Crippen LogP contribution >= 0.6 is 11.6 Å². The van der Waals surface area contributed by atoms with E-state index in [-0.39, 0.29) is 23.4 Å². The summed E-state index contributed by atoms with van der Waals surface area (Å²) in [5.74, 6) is 0.871. The number of carboxylic acids is 1. The highest BCUT2D eigenvalue weighted by Crippen LogP contribution is 2.31. The number of benzene rings is 2. The standard InChI is InChI=1S/C19H12ClNO3/c1-2-11-5-8-15-14(9-11)17(19(23)24)18(22)16(21-15)10-12-3-6-13(20)7-4-12/h1,3-9,22H,10H2,(H,23,24). The van der Waals surface area contributed by atoms with Gasteiger partial charge in [-0.05, 0) is 35.9 Å². The average Bonchev–Trinajstić information content (AvgIpc) is 2.56. The number of aromatic carboxylic acids is 1. The van der Waals surface area contributed by atoms with E-state index >= 15 is 0 Å². The molecule has 0 radical (unpaired) electrons. The van der Waals surface area contributed by atoms with Gasteiger partial charge in [-0.1, -0.05) is 29.7 Å². The van der Waals surface area contributed by atoms with Crippen molar-refractivity contribution in [3.05, 3.63) is 69.9 Å². The van der Waals surface area contributed by atoms with Crippen LogP contribution in [0.25, 0.3) is 10.9 Å². The van der Waals surface area contributed by atoms with Crippen LogP contribution in [0.15, 0.2) is 42.5 Å². The highest BCUT2D eigenvalue weighted by molar-refractivity contribution is 6.30. The Morgan fingerprint density at radius 2 is 1.92 bits per heavy atom. The Bertz CT molecular complexity index is 988. The first-order chi connectivity index (χ1) is 11.5. The second-order valence-electron chi connectivity index (χ2n) is 5.27. The normalized spacial score (nSPS) is 10.5.